The van der Waals surface area contributed by atoms with Gasteiger partial charge in [0, 0.05) is 38.4 Å². The van der Waals surface area contributed by atoms with E-state index >= 15 is 0 Å². The number of nitrogens with one attached hydrogen (secondary N) is 1. The van der Waals surface area contributed by atoms with Crippen molar-refractivity contribution in [3.8, 4) is 5.75 Å². The van der Waals surface area contributed by atoms with Crippen LogP contribution in [0.5, 0.6) is 5.75 Å². The maximum absolute atomic E-state index is 12.8. The lowest BCUT2D eigenvalue weighted by atomic mass is 10.1. The summed E-state index contributed by atoms with van der Waals surface area (Å²) in [4.78, 5) is 4.83. The molecule has 0 unspecified atom stereocenters. The number of benzene rings is 2. The summed E-state index contributed by atoms with van der Waals surface area (Å²) in [6.07, 6.45) is 1.63. The molecule has 2 aromatic carbocycles. The number of hydrogen-bond donors (Lipinski definition) is 1. The molecule has 0 saturated carbocycles. The molecule has 164 valence electrons. The second-order valence-corrected chi connectivity index (χ2v) is 9.18. The van der Waals surface area contributed by atoms with Crippen molar-refractivity contribution in [3.63, 3.8) is 0 Å². The third-order valence-corrected chi connectivity index (χ3v) is 7.02. The molecule has 0 aliphatic carbocycles. The van der Waals surface area contributed by atoms with Gasteiger partial charge in [0.1, 0.15) is 11.5 Å². The van der Waals surface area contributed by atoms with Crippen LogP contribution >= 0.6 is 0 Å². The molecular formula is C23H27N3O4S. The Morgan fingerprint density at radius 1 is 0.968 bits per heavy atom. The molecule has 7 nitrogen and oxygen atoms in total. The van der Waals surface area contributed by atoms with Crippen LogP contribution in [0.4, 0.5) is 5.69 Å². The van der Waals surface area contributed by atoms with Gasteiger partial charge in [0.15, 0.2) is 0 Å². The number of furan rings is 1. The number of sulfonamides is 1. The van der Waals surface area contributed by atoms with Crippen molar-refractivity contribution in [1.29, 1.82) is 0 Å². The maximum Gasteiger partial charge on any atom is 0.240 e. The number of para-hydroxylation sites is 1. The van der Waals surface area contributed by atoms with E-state index < -0.39 is 10.0 Å². The number of piperazine rings is 1. The predicted molar refractivity (Wildman–Crippen MR) is 120 cm³/mol. The number of rotatable bonds is 8. The highest BCUT2D eigenvalue weighted by Crippen LogP contribution is 2.25. The van der Waals surface area contributed by atoms with Gasteiger partial charge in [-0.25, -0.2) is 13.1 Å². The van der Waals surface area contributed by atoms with Gasteiger partial charge in [0.25, 0.3) is 0 Å². The summed E-state index contributed by atoms with van der Waals surface area (Å²) in [6, 6.07) is 20.2. The molecule has 0 spiro atoms. The third kappa shape index (κ3) is 5.10. The summed E-state index contributed by atoms with van der Waals surface area (Å²) >= 11 is 0. The zero-order chi connectivity index (χ0) is 21.7. The van der Waals surface area contributed by atoms with Gasteiger partial charge < -0.3 is 14.1 Å². The highest BCUT2D eigenvalue weighted by molar-refractivity contribution is 7.89. The van der Waals surface area contributed by atoms with Crippen molar-refractivity contribution in [3.05, 3.63) is 78.8 Å². The molecule has 1 aliphatic heterocycles. The molecule has 1 saturated heterocycles. The van der Waals surface area contributed by atoms with Crippen LogP contribution in [0, 0.1) is 0 Å². The Morgan fingerprint density at radius 3 is 2.29 bits per heavy atom. The van der Waals surface area contributed by atoms with Crippen LogP contribution in [-0.4, -0.2) is 53.2 Å². The Balaban J connectivity index is 1.44. The lowest BCUT2D eigenvalue weighted by molar-refractivity contribution is 0.166. The number of anilines is 1. The van der Waals surface area contributed by atoms with Gasteiger partial charge in [-0.15, -0.1) is 0 Å². The van der Waals surface area contributed by atoms with E-state index in [4.69, 9.17) is 9.15 Å². The van der Waals surface area contributed by atoms with Gasteiger partial charge in [-0.3, -0.25) is 4.90 Å². The van der Waals surface area contributed by atoms with Gasteiger partial charge >= 0.3 is 0 Å². The molecule has 0 amide bonds. The minimum Gasteiger partial charge on any atom is -0.497 e. The monoisotopic (exact) mass is 441 g/mol. The van der Waals surface area contributed by atoms with Crippen LogP contribution in [0.2, 0.25) is 0 Å². The lowest BCUT2D eigenvalue weighted by Crippen LogP contribution is -2.49. The predicted octanol–water partition coefficient (Wildman–Crippen LogP) is 3.13. The van der Waals surface area contributed by atoms with E-state index in [1.54, 1.807) is 37.6 Å². The summed E-state index contributed by atoms with van der Waals surface area (Å²) in [5, 5.41) is 0. The molecule has 4 rings (SSSR count). The first kappa shape index (κ1) is 21.4. The van der Waals surface area contributed by atoms with E-state index in [0.29, 0.717) is 5.75 Å². The van der Waals surface area contributed by atoms with Crippen molar-refractivity contribution in [2.24, 2.45) is 0 Å². The molecule has 1 aliphatic rings. The SMILES string of the molecule is COc1ccc(S(=O)(=O)NC[C@H](c2ccco2)N2CCN(c3ccccc3)CC2)cc1. The maximum atomic E-state index is 12.8. The molecule has 8 heteroatoms. The van der Waals surface area contributed by atoms with E-state index in [1.807, 2.05) is 30.3 Å². The normalized spacial score (nSPS) is 16.2. The first-order chi connectivity index (χ1) is 15.1. The molecule has 1 N–H and O–H groups in total. The Labute approximate surface area is 183 Å². The molecule has 3 aromatic rings. The van der Waals surface area contributed by atoms with Gasteiger partial charge in [0.2, 0.25) is 10.0 Å². The standard InChI is InChI=1S/C23H27N3O4S/c1-29-20-9-11-21(12-10-20)31(27,28)24-18-22(23-8-5-17-30-23)26-15-13-25(14-16-26)19-6-3-2-4-7-19/h2-12,17,22,24H,13-16,18H2,1H3/t22-/m1/s1. The van der Waals surface area contributed by atoms with Gasteiger partial charge in [-0.1, -0.05) is 18.2 Å². The van der Waals surface area contributed by atoms with Crippen LogP contribution in [0.3, 0.4) is 0 Å². The molecule has 1 fully saturated rings. The van der Waals surface area contributed by atoms with Crippen LogP contribution < -0.4 is 14.4 Å². The van der Waals surface area contributed by atoms with Gasteiger partial charge in [-0.2, -0.15) is 0 Å². The van der Waals surface area contributed by atoms with E-state index in [0.717, 1.165) is 31.9 Å². The number of hydrogen-bond acceptors (Lipinski definition) is 6. The minimum atomic E-state index is -3.65. The molecular weight excluding hydrogens is 414 g/mol. The fourth-order valence-corrected chi connectivity index (χ4v) is 4.89. The van der Waals surface area contributed by atoms with Crippen LogP contribution in [0.1, 0.15) is 11.8 Å². The van der Waals surface area contributed by atoms with E-state index in [-0.39, 0.29) is 17.5 Å². The van der Waals surface area contributed by atoms with Gasteiger partial charge in [-0.05, 0) is 48.5 Å². The molecule has 1 atom stereocenters. The van der Waals surface area contributed by atoms with Crippen molar-refractivity contribution < 1.29 is 17.6 Å². The molecule has 0 radical (unpaired) electrons. The van der Waals surface area contributed by atoms with E-state index in [9.17, 15) is 8.42 Å². The zero-order valence-electron chi connectivity index (χ0n) is 17.5. The average molecular weight is 442 g/mol. The number of ether oxygens (including phenoxy) is 1. The Hall–Kier alpha value is -2.81. The van der Waals surface area contributed by atoms with Crippen molar-refractivity contribution in [2.45, 2.75) is 10.9 Å². The average Bonchev–Trinajstić information content (AvgIpc) is 3.35. The quantitative estimate of drug-likeness (QED) is 0.579. The topological polar surface area (TPSA) is 75.0 Å². The van der Waals surface area contributed by atoms with E-state index in [1.165, 1.54) is 5.69 Å². The molecule has 0 bridgehead atoms. The van der Waals surface area contributed by atoms with E-state index in [2.05, 4.69) is 26.7 Å². The summed E-state index contributed by atoms with van der Waals surface area (Å²) in [7, 11) is -2.10. The van der Waals surface area contributed by atoms with Gasteiger partial charge in [0.05, 0.1) is 24.3 Å². The Morgan fingerprint density at radius 2 is 1.68 bits per heavy atom. The number of methoxy groups -OCH3 is 1. The summed E-state index contributed by atoms with van der Waals surface area (Å²) in [5.74, 6) is 1.37. The van der Waals surface area contributed by atoms with Crippen LogP contribution in [-0.2, 0) is 10.0 Å². The van der Waals surface area contributed by atoms with Crippen molar-refractivity contribution in [1.82, 2.24) is 9.62 Å². The second kappa shape index (κ2) is 9.55. The first-order valence-electron chi connectivity index (χ1n) is 10.3. The molecule has 1 aromatic heterocycles. The Bertz CT molecular complexity index is 1050. The minimum absolute atomic E-state index is 0.180. The van der Waals surface area contributed by atoms with Crippen LogP contribution in [0.25, 0.3) is 0 Å². The number of nitrogens with zero attached hydrogens (tertiary/aromatic N) is 2. The highest BCUT2D eigenvalue weighted by Gasteiger charge is 2.28. The zero-order valence-corrected chi connectivity index (χ0v) is 18.3. The fourth-order valence-electron chi connectivity index (χ4n) is 3.85. The second-order valence-electron chi connectivity index (χ2n) is 7.42. The molecule has 2 heterocycles. The van der Waals surface area contributed by atoms with Crippen molar-refractivity contribution >= 4 is 15.7 Å². The Kier molecular flexibility index (Phi) is 6.60. The fraction of sp³-hybridized carbons (Fsp3) is 0.304. The largest absolute Gasteiger partial charge is 0.497 e. The third-order valence-electron chi connectivity index (χ3n) is 5.58. The summed E-state index contributed by atoms with van der Waals surface area (Å²) in [6.45, 7) is 3.58. The summed E-state index contributed by atoms with van der Waals surface area (Å²) < 4.78 is 39.2. The van der Waals surface area contributed by atoms with Crippen molar-refractivity contribution in [2.75, 3.05) is 44.7 Å². The highest BCUT2D eigenvalue weighted by atomic mass is 32.2. The lowest BCUT2D eigenvalue weighted by Gasteiger charge is -2.39. The first-order valence-corrected chi connectivity index (χ1v) is 11.8. The summed E-state index contributed by atoms with van der Waals surface area (Å²) in [5.41, 5.74) is 1.21. The molecule has 31 heavy (non-hydrogen) atoms. The smallest absolute Gasteiger partial charge is 0.240 e. The van der Waals surface area contributed by atoms with Crippen LogP contribution in [0.15, 0.2) is 82.3 Å².